The van der Waals surface area contributed by atoms with E-state index in [-0.39, 0.29) is 0 Å². The molecule has 1 N–H and O–H groups in total. The fourth-order valence-corrected chi connectivity index (χ4v) is 2.05. The van der Waals surface area contributed by atoms with Gasteiger partial charge in [0.2, 0.25) is 0 Å². The van der Waals surface area contributed by atoms with Crippen LogP contribution in [0.3, 0.4) is 0 Å². The molecular weight excluding hydrogens is 238 g/mol. The molecule has 0 radical (unpaired) electrons. The molecule has 1 aliphatic rings. The fraction of sp³-hybridized carbons (Fsp3) is 0.455. The molecule has 0 aromatic carbocycles. The molecule has 0 aliphatic heterocycles. The van der Waals surface area contributed by atoms with Crippen LogP contribution in [0.25, 0.3) is 0 Å². The van der Waals surface area contributed by atoms with Crippen molar-refractivity contribution in [1.29, 1.82) is 0 Å². The summed E-state index contributed by atoms with van der Waals surface area (Å²) in [6, 6.07) is 4.40. The molecule has 6 heteroatoms. The Hall–Kier alpha value is -1.40. The minimum absolute atomic E-state index is 0.400. The van der Waals surface area contributed by atoms with Crippen molar-refractivity contribution >= 4 is 11.3 Å². The highest BCUT2D eigenvalue weighted by Crippen LogP contribution is 2.22. The number of rotatable bonds is 6. The first kappa shape index (κ1) is 10.7. The van der Waals surface area contributed by atoms with Gasteiger partial charge in [0.1, 0.15) is 17.4 Å². The van der Waals surface area contributed by atoms with E-state index in [1.165, 1.54) is 24.2 Å². The van der Waals surface area contributed by atoms with Gasteiger partial charge in [0.15, 0.2) is 0 Å². The Labute approximate surface area is 103 Å². The number of ether oxygens (including phenoxy) is 1. The van der Waals surface area contributed by atoms with Gasteiger partial charge in [0.25, 0.3) is 5.19 Å². The van der Waals surface area contributed by atoms with Gasteiger partial charge in [0.05, 0.1) is 12.8 Å². The van der Waals surface area contributed by atoms with Crippen LogP contribution in [-0.4, -0.2) is 16.2 Å². The number of hydrogen-bond acceptors (Lipinski definition) is 6. The summed E-state index contributed by atoms with van der Waals surface area (Å²) in [5.41, 5.74) is 0. The van der Waals surface area contributed by atoms with Gasteiger partial charge in [-0.25, -0.2) is 0 Å². The number of hydrogen-bond donors (Lipinski definition) is 1. The van der Waals surface area contributed by atoms with Crippen LogP contribution in [0.15, 0.2) is 22.8 Å². The van der Waals surface area contributed by atoms with Gasteiger partial charge < -0.3 is 14.5 Å². The minimum Gasteiger partial charge on any atom is -0.466 e. The van der Waals surface area contributed by atoms with Gasteiger partial charge in [-0.05, 0) is 25.0 Å². The van der Waals surface area contributed by atoms with Gasteiger partial charge in [-0.1, -0.05) is 16.4 Å². The molecule has 5 nitrogen and oxygen atoms in total. The molecule has 2 aromatic heterocycles. The van der Waals surface area contributed by atoms with E-state index >= 15 is 0 Å². The number of aromatic nitrogens is 2. The molecule has 0 amide bonds. The Bertz CT molecular complexity index is 465. The number of furan rings is 1. The topological polar surface area (TPSA) is 60.2 Å². The third kappa shape index (κ3) is 3.04. The molecule has 1 saturated carbocycles. The largest absolute Gasteiger partial charge is 0.466 e. The molecule has 1 fully saturated rings. The molecule has 0 bridgehead atoms. The Morgan fingerprint density at radius 1 is 1.47 bits per heavy atom. The summed E-state index contributed by atoms with van der Waals surface area (Å²) in [6.07, 6.45) is 4.19. The van der Waals surface area contributed by atoms with E-state index in [1.807, 2.05) is 12.1 Å². The first-order chi connectivity index (χ1) is 8.40. The summed E-state index contributed by atoms with van der Waals surface area (Å²) < 4.78 is 10.6. The molecule has 1 aliphatic carbocycles. The Kier molecular flexibility index (Phi) is 3.06. The third-order valence-corrected chi connectivity index (χ3v) is 3.32. The van der Waals surface area contributed by atoms with E-state index in [2.05, 4.69) is 15.5 Å². The standard InChI is InChI=1S/C11H13N3O2S/c1-2-9(15-5-1)7-16-11-14-13-10(17-11)6-12-8-3-4-8/h1-2,5,8,12H,3-4,6-7H2. The highest BCUT2D eigenvalue weighted by atomic mass is 32.1. The molecular formula is C11H13N3O2S. The second kappa shape index (κ2) is 4.85. The van der Waals surface area contributed by atoms with Gasteiger partial charge in [-0.15, -0.1) is 5.10 Å². The van der Waals surface area contributed by atoms with Crippen LogP contribution in [0, 0.1) is 0 Å². The average molecular weight is 251 g/mol. The molecule has 0 atom stereocenters. The van der Waals surface area contributed by atoms with Crippen LogP contribution in [-0.2, 0) is 13.2 Å². The van der Waals surface area contributed by atoms with E-state index in [0.29, 0.717) is 17.8 Å². The average Bonchev–Trinajstić information content (AvgIpc) is 2.86. The van der Waals surface area contributed by atoms with E-state index in [4.69, 9.17) is 9.15 Å². The Morgan fingerprint density at radius 3 is 3.18 bits per heavy atom. The van der Waals surface area contributed by atoms with Crippen LogP contribution in [0.2, 0.25) is 0 Å². The van der Waals surface area contributed by atoms with Crippen molar-refractivity contribution in [1.82, 2.24) is 15.5 Å². The highest BCUT2D eigenvalue weighted by Gasteiger charge is 2.20. The molecule has 3 rings (SSSR count). The van der Waals surface area contributed by atoms with E-state index < -0.39 is 0 Å². The number of nitrogens with zero attached hydrogens (tertiary/aromatic N) is 2. The van der Waals surface area contributed by atoms with Gasteiger partial charge in [0, 0.05) is 6.04 Å². The quantitative estimate of drug-likeness (QED) is 0.850. The van der Waals surface area contributed by atoms with Gasteiger partial charge >= 0.3 is 0 Å². The summed E-state index contributed by atoms with van der Waals surface area (Å²) in [6.45, 7) is 1.18. The fourth-order valence-electron chi connectivity index (χ4n) is 1.41. The normalized spacial score (nSPS) is 15.1. The summed E-state index contributed by atoms with van der Waals surface area (Å²) in [5, 5.41) is 13.0. The first-order valence-corrected chi connectivity index (χ1v) is 6.43. The van der Waals surface area contributed by atoms with Crippen LogP contribution in [0.5, 0.6) is 5.19 Å². The summed E-state index contributed by atoms with van der Waals surface area (Å²) >= 11 is 1.48. The van der Waals surface area contributed by atoms with Crippen molar-refractivity contribution in [2.75, 3.05) is 0 Å². The maximum atomic E-state index is 5.48. The monoisotopic (exact) mass is 251 g/mol. The van der Waals surface area contributed by atoms with Crippen molar-refractivity contribution < 1.29 is 9.15 Å². The zero-order valence-corrected chi connectivity index (χ0v) is 10.1. The van der Waals surface area contributed by atoms with Gasteiger partial charge in [-0.2, -0.15) is 0 Å². The predicted octanol–water partition coefficient (Wildman–Crippen LogP) is 1.96. The lowest BCUT2D eigenvalue weighted by molar-refractivity contribution is 0.267. The molecule has 17 heavy (non-hydrogen) atoms. The zero-order valence-electron chi connectivity index (χ0n) is 9.26. The van der Waals surface area contributed by atoms with E-state index in [0.717, 1.165) is 17.3 Å². The summed E-state index contributed by atoms with van der Waals surface area (Å²) in [5.74, 6) is 0.790. The lowest BCUT2D eigenvalue weighted by Gasteiger charge is -1.97. The smallest absolute Gasteiger partial charge is 0.294 e. The lowest BCUT2D eigenvalue weighted by atomic mass is 10.5. The van der Waals surface area contributed by atoms with E-state index in [9.17, 15) is 0 Å². The van der Waals surface area contributed by atoms with Crippen molar-refractivity contribution in [3.05, 3.63) is 29.2 Å². The minimum atomic E-state index is 0.400. The second-order valence-electron chi connectivity index (χ2n) is 3.98. The van der Waals surface area contributed by atoms with E-state index in [1.54, 1.807) is 6.26 Å². The second-order valence-corrected chi connectivity index (χ2v) is 5.01. The van der Waals surface area contributed by atoms with Crippen molar-refractivity contribution in [2.45, 2.75) is 32.0 Å². The highest BCUT2D eigenvalue weighted by molar-refractivity contribution is 7.13. The Morgan fingerprint density at radius 2 is 2.41 bits per heavy atom. The molecule has 0 saturated heterocycles. The molecule has 0 spiro atoms. The van der Waals surface area contributed by atoms with Crippen LogP contribution < -0.4 is 10.1 Å². The summed E-state index contributed by atoms with van der Waals surface area (Å²) in [4.78, 5) is 0. The van der Waals surface area contributed by atoms with Crippen molar-refractivity contribution in [3.8, 4) is 5.19 Å². The van der Waals surface area contributed by atoms with Crippen molar-refractivity contribution in [2.24, 2.45) is 0 Å². The molecule has 0 unspecified atom stereocenters. The van der Waals surface area contributed by atoms with Crippen LogP contribution in [0.4, 0.5) is 0 Å². The Balaban J connectivity index is 1.49. The van der Waals surface area contributed by atoms with Gasteiger partial charge in [-0.3, -0.25) is 0 Å². The lowest BCUT2D eigenvalue weighted by Crippen LogP contribution is -2.14. The zero-order chi connectivity index (χ0) is 11.5. The predicted molar refractivity (Wildman–Crippen MR) is 62.8 cm³/mol. The summed E-state index contributed by atoms with van der Waals surface area (Å²) in [7, 11) is 0. The van der Waals surface area contributed by atoms with Crippen molar-refractivity contribution in [3.63, 3.8) is 0 Å². The number of nitrogens with one attached hydrogen (secondary N) is 1. The van der Waals surface area contributed by atoms with Crippen LogP contribution in [0.1, 0.15) is 23.6 Å². The third-order valence-electron chi connectivity index (χ3n) is 2.49. The maximum absolute atomic E-state index is 5.48. The molecule has 2 aromatic rings. The molecule has 90 valence electrons. The molecule has 2 heterocycles. The first-order valence-electron chi connectivity index (χ1n) is 5.61. The van der Waals surface area contributed by atoms with Crippen LogP contribution >= 0.6 is 11.3 Å². The SMILES string of the molecule is c1coc(COc2nnc(CNC3CC3)s2)c1. The maximum Gasteiger partial charge on any atom is 0.294 e.